The number of rotatable bonds is 7. The molecule has 0 saturated carbocycles. The highest BCUT2D eigenvalue weighted by atomic mass is 32.2. The lowest BCUT2D eigenvalue weighted by atomic mass is 10.2. The van der Waals surface area contributed by atoms with Crippen molar-refractivity contribution in [3.05, 3.63) is 72.3 Å². The zero-order valence-corrected chi connectivity index (χ0v) is 18.4. The van der Waals surface area contributed by atoms with Crippen LogP contribution in [-0.2, 0) is 4.79 Å². The van der Waals surface area contributed by atoms with Crippen molar-refractivity contribution in [3.8, 4) is 34.5 Å². The summed E-state index contributed by atoms with van der Waals surface area (Å²) in [6, 6.07) is 20.4. The second-order valence-corrected chi connectivity index (χ2v) is 8.14. The van der Waals surface area contributed by atoms with E-state index in [9.17, 15) is 4.79 Å². The Morgan fingerprint density at radius 1 is 0.970 bits per heavy atom. The third-order valence-corrected chi connectivity index (χ3v) is 5.57. The van der Waals surface area contributed by atoms with Gasteiger partial charge in [0.25, 0.3) is 5.22 Å². The average Bonchev–Trinajstić information content (AvgIpc) is 3.49. The molecule has 4 aromatic rings. The molecule has 3 aromatic carbocycles. The molecule has 166 valence electrons. The predicted octanol–water partition coefficient (Wildman–Crippen LogP) is 5.30. The normalized spacial score (nSPS) is 11.9. The number of carbonyl (C=O) groups excluding carboxylic acids is 1. The third kappa shape index (κ3) is 5.09. The van der Waals surface area contributed by atoms with Crippen LogP contribution in [0.4, 0.5) is 5.69 Å². The Morgan fingerprint density at radius 2 is 1.70 bits per heavy atom. The molecular formula is C24H19N3O5S. The van der Waals surface area contributed by atoms with Crippen molar-refractivity contribution in [2.45, 2.75) is 12.1 Å². The summed E-state index contributed by atoms with van der Waals surface area (Å²) in [5.41, 5.74) is 2.56. The number of amides is 1. The van der Waals surface area contributed by atoms with Gasteiger partial charge in [0.15, 0.2) is 11.5 Å². The van der Waals surface area contributed by atoms with Gasteiger partial charge in [0.2, 0.25) is 18.6 Å². The van der Waals surface area contributed by atoms with E-state index in [-0.39, 0.29) is 18.5 Å². The molecule has 0 unspecified atom stereocenters. The molecule has 8 nitrogen and oxygen atoms in total. The highest BCUT2D eigenvalue weighted by molar-refractivity contribution is 7.99. The summed E-state index contributed by atoms with van der Waals surface area (Å²) >= 11 is 1.16. The highest BCUT2D eigenvalue weighted by Crippen LogP contribution is 2.36. The number of benzene rings is 3. The number of ether oxygens (including phenoxy) is 3. The Labute approximate surface area is 193 Å². The van der Waals surface area contributed by atoms with E-state index < -0.39 is 0 Å². The largest absolute Gasteiger partial charge is 0.457 e. The van der Waals surface area contributed by atoms with Gasteiger partial charge in [-0.1, -0.05) is 29.5 Å². The predicted molar refractivity (Wildman–Crippen MR) is 123 cm³/mol. The van der Waals surface area contributed by atoms with Crippen molar-refractivity contribution in [1.29, 1.82) is 0 Å². The Balaban J connectivity index is 1.13. The number of nitrogens with one attached hydrogen (secondary N) is 1. The Kier molecular flexibility index (Phi) is 5.86. The number of thioether (sulfide) groups is 1. The van der Waals surface area contributed by atoms with Crippen LogP contribution in [0.15, 0.2) is 76.4 Å². The van der Waals surface area contributed by atoms with Gasteiger partial charge in [-0.2, -0.15) is 0 Å². The molecule has 0 radical (unpaired) electrons. The van der Waals surface area contributed by atoms with Gasteiger partial charge in [-0.15, -0.1) is 10.2 Å². The Hall–Kier alpha value is -3.98. The highest BCUT2D eigenvalue weighted by Gasteiger charge is 2.17. The zero-order valence-electron chi connectivity index (χ0n) is 17.6. The summed E-state index contributed by atoms with van der Waals surface area (Å²) in [4.78, 5) is 12.3. The molecule has 5 rings (SSSR count). The van der Waals surface area contributed by atoms with Crippen LogP contribution in [0.2, 0.25) is 0 Å². The minimum Gasteiger partial charge on any atom is -0.457 e. The topological polar surface area (TPSA) is 95.7 Å². The molecule has 0 bridgehead atoms. The molecule has 0 aliphatic carbocycles. The van der Waals surface area contributed by atoms with Crippen molar-refractivity contribution in [2.75, 3.05) is 17.9 Å². The molecule has 1 aromatic heterocycles. The smallest absolute Gasteiger partial charge is 0.277 e. The van der Waals surface area contributed by atoms with Crippen LogP contribution in [0.25, 0.3) is 11.5 Å². The van der Waals surface area contributed by atoms with Gasteiger partial charge in [-0.25, -0.2) is 0 Å². The first-order valence-electron chi connectivity index (χ1n) is 10.1. The van der Waals surface area contributed by atoms with Gasteiger partial charge in [-0.3, -0.25) is 4.79 Å². The quantitative estimate of drug-likeness (QED) is 0.371. The summed E-state index contributed by atoms with van der Waals surface area (Å²) in [5, 5.41) is 11.2. The number of carbonyl (C=O) groups is 1. The molecule has 1 N–H and O–H groups in total. The number of nitrogens with zero attached hydrogens (tertiary/aromatic N) is 2. The van der Waals surface area contributed by atoms with Gasteiger partial charge in [0, 0.05) is 11.3 Å². The molecule has 0 atom stereocenters. The van der Waals surface area contributed by atoms with Crippen LogP contribution in [0.1, 0.15) is 5.56 Å². The van der Waals surface area contributed by atoms with E-state index >= 15 is 0 Å². The fourth-order valence-electron chi connectivity index (χ4n) is 3.09. The standard InChI is InChI=1S/C24H19N3O5S/c1-15-2-7-18(8-3-15)31-19-9-5-17(6-10-19)25-22(28)13-33-24-27-26-23(32-24)16-4-11-20-21(12-16)30-14-29-20/h2-12H,13-14H2,1H3,(H,25,28). The van der Waals surface area contributed by atoms with Gasteiger partial charge < -0.3 is 23.9 Å². The first-order chi connectivity index (χ1) is 16.1. The second-order valence-electron chi connectivity index (χ2n) is 7.22. The van der Waals surface area contributed by atoms with Crippen molar-refractivity contribution >= 4 is 23.4 Å². The third-order valence-electron chi connectivity index (χ3n) is 4.75. The lowest BCUT2D eigenvalue weighted by molar-refractivity contribution is -0.113. The lowest BCUT2D eigenvalue weighted by Gasteiger charge is -2.08. The summed E-state index contributed by atoms with van der Waals surface area (Å²) in [7, 11) is 0. The van der Waals surface area contributed by atoms with E-state index in [0.29, 0.717) is 34.0 Å². The van der Waals surface area contributed by atoms with Crippen molar-refractivity contribution < 1.29 is 23.4 Å². The van der Waals surface area contributed by atoms with Gasteiger partial charge in [0.05, 0.1) is 5.75 Å². The van der Waals surface area contributed by atoms with E-state index in [1.807, 2.05) is 37.3 Å². The minimum atomic E-state index is -0.185. The Morgan fingerprint density at radius 3 is 2.48 bits per heavy atom. The maximum atomic E-state index is 12.3. The van der Waals surface area contributed by atoms with Gasteiger partial charge in [0.1, 0.15) is 11.5 Å². The molecule has 1 aliphatic rings. The number of anilines is 1. The number of aryl methyl sites for hydroxylation is 1. The molecule has 1 aliphatic heterocycles. The first-order valence-corrected chi connectivity index (χ1v) is 11.1. The van der Waals surface area contributed by atoms with Crippen LogP contribution in [0, 0.1) is 6.92 Å². The van der Waals surface area contributed by atoms with E-state index in [4.69, 9.17) is 18.6 Å². The lowest BCUT2D eigenvalue weighted by Crippen LogP contribution is -2.13. The van der Waals surface area contributed by atoms with Crippen LogP contribution in [-0.4, -0.2) is 28.7 Å². The maximum Gasteiger partial charge on any atom is 0.277 e. The molecule has 0 saturated heterocycles. The van der Waals surface area contributed by atoms with Gasteiger partial charge in [-0.05, 0) is 61.5 Å². The summed E-state index contributed by atoms with van der Waals surface area (Å²) in [6.07, 6.45) is 0. The molecule has 0 fully saturated rings. The summed E-state index contributed by atoms with van der Waals surface area (Å²) < 4.78 is 22.1. The van der Waals surface area contributed by atoms with E-state index in [2.05, 4.69) is 15.5 Å². The maximum absolute atomic E-state index is 12.3. The molecular weight excluding hydrogens is 442 g/mol. The monoisotopic (exact) mass is 461 g/mol. The first kappa shape index (κ1) is 20.9. The van der Waals surface area contributed by atoms with Crippen LogP contribution < -0.4 is 19.5 Å². The number of hydrogen-bond donors (Lipinski definition) is 1. The SMILES string of the molecule is Cc1ccc(Oc2ccc(NC(=O)CSc3nnc(-c4ccc5c(c4)OCO5)o3)cc2)cc1. The minimum absolute atomic E-state index is 0.129. The fourth-order valence-corrected chi connectivity index (χ4v) is 3.65. The zero-order chi connectivity index (χ0) is 22.6. The summed E-state index contributed by atoms with van der Waals surface area (Å²) in [5.74, 6) is 3.05. The summed E-state index contributed by atoms with van der Waals surface area (Å²) in [6.45, 7) is 2.22. The van der Waals surface area contributed by atoms with Crippen LogP contribution in [0.5, 0.6) is 23.0 Å². The van der Waals surface area contributed by atoms with Crippen LogP contribution in [0.3, 0.4) is 0 Å². The number of fused-ring (bicyclic) bond motifs is 1. The average molecular weight is 461 g/mol. The van der Waals surface area contributed by atoms with E-state index in [0.717, 1.165) is 23.1 Å². The van der Waals surface area contributed by atoms with Crippen LogP contribution >= 0.6 is 11.8 Å². The molecule has 33 heavy (non-hydrogen) atoms. The molecule has 0 spiro atoms. The van der Waals surface area contributed by atoms with Crippen molar-refractivity contribution in [1.82, 2.24) is 10.2 Å². The van der Waals surface area contributed by atoms with E-state index in [1.165, 1.54) is 5.56 Å². The molecule has 9 heteroatoms. The van der Waals surface area contributed by atoms with E-state index in [1.54, 1.807) is 36.4 Å². The number of hydrogen-bond acceptors (Lipinski definition) is 8. The Bertz CT molecular complexity index is 1270. The van der Waals surface area contributed by atoms with Crippen molar-refractivity contribution in [3.63, 3.8) is 0 Å². The van der Waals surface area contributed by atoms with Crippen molar-refractivity contribution in [2.24, 2.45) is 0 Å². The molecule has 1 amide bonds. The van der Waals surface area contributed by atoms with Gasteiger partial charge >= 0.3 is 0 Å². The number of aromatic nitrogens is 2. The second kappa shape index (κ2) is 9.25. The molecule has 2 heterocycles. The fraction of sp³-hybridized carbons (Fsp3) is 0.125.